The van der Waals surface area contributed by atoms with Crippen molar-refractivity contribution in [2.75, 3.05) is 20.3 Å². The smallest absolute Gasteiger partial charge is 0.123 e. The van der Waals surface area contributed by atoms with Crippen molar-refractivity contribution in [1.82, 2.24) is 10.3 Å². The van der Waals surface area contributed by atoms with Crippen LogP contribution in [0.5, 0.6) is 0 Å². The molecule has 0 aliphatic heterocycles. The van der Waals surface area contributed by atoms with Gasteiger partial charge in [0, 0.05) is 31.3 Å². The summed E-state index contributed by atoms with van der Waals surface area (Å²) in [5.74, 6) is -0.221. The Morgan fingerprint density at radius 3 is 2.71 bits per heavy atom. The number of hydrogen-bond donors (Lipinski definition) is 1. The van der Waals surface area contributed by atoms with E-state index in [1.807, 2.05) is 13.1 Å². The van der Waals surface area contributed by atoms with Crippen molar-refractivity contribution in [1.29, 1.82) is 0 Å². The molecule has 112 valence electrons. The van der Waals surface area contributed by atoms with Crippen LogP contribution in [0.15, 0.2) is 46.5 Å². The first-order chi connectivity index (χ1) is 10.2. The van der Waals surface area contributed by atoms with Crippen molar-refractivity contribution in [3.05, 3.63) is 53.5 Å². The molecule has 0 atom stereocenters. The molecule has 0 fully saturated rings. The van der Waals surface area contributed by atoms with Crippen LogP contribution in [0.2, 0.25) is 0 Å². The predicted octanol–water partition coefficient (Wildman–Crippen LogP) is 3.42. The number of rotatable bonds is 7. The Balaban J connectivity index is 1.97. The van der Waals surface area contributed by atoms with Crippen molar-refractivity contribution in [3.8, 4) is 0 Å². The molecule has 0 bridgehead atoms. The lowest BCUT2D eigenvalue weighted by atomic mass is 10.2. The van der Waals surface area contributed by atoms with Gasteiger partial charge in [0.15, 0.2) is 0 Å². The molecule has 0 amide bonds. The van der Waals surface area contributed by atoms with E-state index in [9.17, 15) is 4.39 Å². The quantitative estimate of drug-likeness (QED) is 0.795. The molecule has 0 aliphatic carbocycles. The number of halogens is 1. The highest BCUT2D eigenvalue weighted by Crippen LogP contribution is 2.28. The van der Waals surface area contributed by atoms with Gasteiger partial charge in [0.05, 0.1) is 6.61 Å². The van der Waals surface area contributed by atoms with Gasteiger partial charge >= 0.3 is 0 Å². The molecule has 1 N–H and O–H groups in total. The van der Waals surface area contributed by atoms with Crippen molar-refractivity contribution in [3.63, 3.8) is 0 Å². The van der Waals surface area contributed by atoms with E-state index >= 15 is 0 Å². The van der Waals surface area contributed by atoms with Crippen LogP contribution >= 0.6 is 11.8 Å². The predicted molar refractivity (Wildman–Crippen MR) is 83.1 cm³/mol. The molecular formula is C16H19FN2OS. The second-order valence-corrected chi connectivity index (χ2v) is 5.75. The molecule has 2 aromatic rings. The standard InChI is InChI=1S/C16H19FN2OS/c1-12-9-13(10-18-7-8-20-2)11-19-16(12)21-15-5-3-14(17)4-6-15/h3-6,9,11,18H,7-8,10H2,1-2H3. The molecule has 21 heavy (non-hydrogen) atoms. The number of aromatic nitrogens is 1. The lowest BCUT2D eigenvalue weighted by Crippen LogP contribution is -2.18. The largest absolute Gasteiger partial charge is 0.383 e. The monoisotopic (exact) mass is 306 g/mol. The molecule has 1 aromatic heterocycles. The van der Waals surface area contributed by atoms with Gasteiger partial charge in [-0.3, -0.25) is 0 Å². The van der Waals surface area contributed by atoms with Crippen molar-refractivity contribution < 1.29 is 9.13 Å². The number of ether oxygens (including phenoxy) is 1. The average molecular weight is 306 g/mol. The van der Waals surface area contributed by atoms with Gasteiger partial charge in [0.1, 0.15) is 10.8 Å². The Labute approximate surface area is 128 Å². The summed E-state index contributed by atoms with van der Waals surface area (Å²) in [7, 11) is 1.69. The normalized spacial score (nSPS) is 10.8. The Morgan fingerprint density at radius 1 is 1.29 bits per heavy atom. The molecule has 0 unspecified atom stereocenters. The SMILES string of the molecule is COCCNCc1cnc(Sc2ccc(F)cc2)c(C)c1. The second-order valence-electron chi connectivity index (χ2n) is 4.69. The number of aryl methyl sites for hydroxylation is 1. The lowest BCUT2D eigenvalue weighted by Gasteiger charge is -2.08. The van der Waals surface area contributed by atoms with Crippen molar-refractivity contribution in [2.24, 2.45) is 0 Å². The molecule has 0 spiro atoms. The van der Waals surface area contributed by atoms with E-state index in [0.717, 1.165) is 34.1 Å². The van der Waals surface area contributed by atoms with Gasteiger partial charge in [-0.2, -0.15) is 0 Å². The Bertz CT molecular complexity index is 575. The molecule has 0 saturated carbocycles. The average Bonchev–Trinajstić information content (AvgIpc) is 2.48. The Kier molecular flexibility index (Phi) is 6.17. The zero-order valence-corrected chi connectivity index (χ0v) is 13.0. The topological polar surface area (TPSA) is 34.1 Å². The highest BCUT2D eigenvalue weighted by Gasteiger charge is 2.05. The van der Waals surface area contributed by atoms with Gasteiger partial charge in [-0.25, -0.2) is 9.37 Å². The van der Waals surface area contributed by atoms with Crippen LogP contribution in [0.3, 0.4) is 0 Å². The van der Waals surface area contributed by atoms with Crippen LogP contribution in [-0.4, -0.2) is 25.2 Å². The van der Waals surface area contributed by atoms with Gasteiger partial charge < -0.3 is 10.1 Å². The minimum Gasteiger partial charge on any atom is -0.383 e. The van der Waals surface area contributed by atoms with Gasteiger partial charge in [-0.1, -0.05) is 17.8 Å². The number of nitrogens with one attached hydrogen (secondary N) is 1. The first kappa shape index (κ1) is 15.9. The van der Waals surface area contributed by atoms with E-state index in [2.05, 4.69) is 16.4 Å². The first-order valence-corrected chi connectivity index (χ1v) is 7.59. The molecule has 0 saturated heterocycles. The van der Waals surface area contributed by atoms with Crippen LogP contribution < -0.4 is 5.32 Å². The third-order valence-electron chi connectivity index (χ3n) is 2.93. The zero-order valence-electron chi connectivity index (χ0n) is 12.2. The molecule has 0 aliphatic rings. The van der Waals surface area contributed by atoms with Crippen molar-refractivity contribution >= 4 is 11.8 Å². The van der Waals surface area contributed by atoms with Crippen LogP contribution in [0.25, 0.3) is 0 Å². The molecular weight excluding hydrogens is 287 g/mol. The van der Waals surface area contributed by atoms with Crippen LogP contribution in [-0.2, 0) is 11.3 Å². The third kappa shape index (κ3) is 5.12. The maximum absolute atomic E-state index is 12.9. The Hall–Kier alpha value is -1.43. The molecule has 1 heterocycles. The molecule has 5 heteroatoms. The minimum atomic E-state index is -0.221. The van der Waals surface area contributed by atoms with E-state index in [1.54, 1.807) is 31.0 Å². The van der Waals surface area contributed by atoms with Gasteiger partial charge in [0.25, 0.3) is 0 Å². The summed E-state index contributed by atoms with van der Waals surface area (Å²) < 4.78 is 17.9. The Morgan fingerprint density at radius 2 is 2.05 bits per heavy atom. The second kappa shape index (κ2) is 8.12. The molecule has 1 aromatic carbocycles. The summed E-state index contributed by atoms with van der Waals surface area (Å²) in [6, 6.07) is 8.58. The van der Waals surface area contributed by atoms with Crippen LogP contribution in [0, 0.1) is 12.7 Å². The van der Waals surface area contributed by atoms with Crippen LogP contribution in [0.4, 0.5) is 4.39 Å². The lowest BCUT2D eigenvalue weighted by molar-refractivity contribution is 0.199. The molecule has 0 radical (unpaired) electrons. The minimum absolute atomic E-state index is 0.221. The fourth-order valence-electron chi connectivity index (χ4n) is 1.85. The maximum atomic E-state index is 12.9. The summed E-state index contributed by atoms with van der Waals surface area (Å²) in [4.78, 5) is 5.48. The maximum Gasteiger partial charge on any atom is 0.123 e. The summed E-state index contributed by atoms with van der Waals surface area (Å²) >= 11 is 1.55. The highest BCUT2D eigenvalue weighted by molar-refractivity contribution is 7.99. The summed E-state index contributed by atoms with van der Waals surface area (Å²) in [5, 5.41) is 4.24. The fourth-order valence-corrected chi connectivity index (χ4v) is 2.67. The summed E-state index contributed by atoms with van der Waals surface area (Å²) in [6.07, 6.45) is 1.87. The van der Waals surface area contributed by atoms with Crippen molar-refractivity contribution in [2.45, 2.75) is 23.4 Å². The number of nitrogens with zero attached hydrogens (tertiary/aromatic N) is 1. The van der Waals surface area contributed by atoms with Crippen LogP contribution in [0.1, 0.15) is 11.1 Å². The molecule has 3 nitrogen and oxygen atoms in total. The van der Waals surface area contributed by atoms with Gasteiger partial charge in [-0.15, -0.1) is 0 Å². The van der Waals surface area contributed by atoms with E-state index in [-0.39, 0.29) is 5.82 Å². The zero-order chi connectivity index (χ0) is 15.1. The number of hydrogen-bond acceptors (Lipinski definition) is 4. The van der Waals surface area contributed by atoms with Gasteiger partial charge in [0.2, 0.25) is 0 Å². The fraction of sp³-hybridized carbons (Fsp3) is 0.312. The number of pyridine rings is 1. The molecule has 2 rings (SSSR count). The third-order valence-corrected chi connectivity index (χ3v) is 4.06. The van der Waals surface area contributed by atoms with E-state index in [4.69, 9.17) is 4.74 Å². The number of methoxy groups -OCH3 is 1. The highest BCUT2D eigenvalue weighted by atomic mass is 32.2. The first-order valence-electron chi connectivity index (χ1n) is 6.77. The van der Waals surface area contributed by atoms with E-state index in [1.165, 1.54) is 12.1 Å². The summed E-state index contributed by atoms with van der Waals surface area (Å²) in [6.45, 7) is 4.34. The van der Waals surface area contributed by atoms with E-state index in [0.29, 0.717) is 6.61 Å². The summed E-state index contributed by atoms with van der Waals surface area (Å²) in [5.41, 5.74) is 2.27. The van der Waals surface area contributed by atoms with Gasteiger partial charge in [-0.05, 0) is 42.3 Å². The van der Waals surface area contributed by atoms with E-state index < -0.39 is 0 Å². The number of benzene rings is 1.